The van der Waals surface area contributed by atoms with Crippen LogP contribution in [0, 0.1) is 0 Å². The van der Waals surface area contributed by atoms with Crippen molar-refractivity contribution < 1.29 is 63.2 Å². The number of carbonyl (C=O) groups excluding carboxylic acids is 2. The molecule has 2 fully saturated rings. The summed E-state index contributed by atoms with van der Waals surface area (Å²) in [7, 11) is 0. The van der Waals surface area contributed by atoms with E-state index in [4.69, 9.17) is 33.2 Å². The zero-order valence-corrected chi connectivity index (χ0v) is 25.9. The minimum Gasteiger partial charge on any atom is -0.460 e. The summed E-state index contributed by atoms with van der Waals surface area (Å²) in [6, 6.07) is 0. The lowest BCUT2D eigenvalue weighted by atomic mass is 9.71. The third-order valence-corrected chi connectivity index (χ3v) is 7.70. The monoisotopic (exact) mass is 650 g/mol. The maximum absolute atomic E-state index is 12.9. The SMILES string of the molecule is C=CCOC(CC=C)(CC=C)[C@@]1(O[C@H]2O[C@H](CO)[C@@H](O)[C@H](O)[C@H]2O)O[C@H](COC(=O)C=C)[C@@H](OC(=O)C=C)[C@]1(CC=C)OCC=C. The first-order chi connectivity index (χ1) is 22.0. The highest BCUT2D eigenvalue weighted by Gasteiger charge is 2.78. The average Bonchev–Trinajstić information content (AvgIpc) is 3.30. The quantitative estimate of drug-likeness (QED) is 0.0795. The molecule has 0 radical (unpaired) electrons. The number of aliphatic hydroxyl groups is 4. The Morgan fingerprint density at radius 3 is 1.96 bits per heavy atom. The van der Waals surface area contributed by atoms with Crippen molar-refractivity contribution in [3.63, 3.8) is 0 Å². The predicted octanol–water partition coefficient (Wildman–Crippen LogP) is 1.34. The van der Waals surface area contributed by atoms with Gasteiger partial charge in [-0.1, -0.05) is 43.5 Å². The van der Waals surface area contributed by atoms with E-state index in [0.717, 1.165) is 12.2 Å². The summed E-state index contributed by atoms with van der Waals surface area (Å²) in [5.41, 5.74) is -3.72. The number of rotatable bonds is 21. The molecule has 0 aromatic rings. The van der Waals surface area contributed by atoms with Gasteiger partial charge in [-0.2, -0.15) is 0 Å². The summed E-state index contributed by atoms with van der Waals surface area (Å²) in [5, 5.41) is 42.2. The Labute approximate surface area is 269 Å². The van der Waals surface area contributed by atoms with E-state index in [1.807, 2.05) is 0 Å². The Bertz CT molecular complexity index is 1110. The van der Waals surface area contributed by atoms with Gasteiger partial charge in [0.1, 0.15) is 42.7 Å². The topological polar surface area (TPSA) is 180 Å². The summed E-state index contributed by atoms with van der Waals surface area (Å²) in [4.78, 5) is 25.1. The van der Waals surface area contributed by atoms with Crippen LogP contribution in [0.5, 0.6) is 0 Å². The summed E-state index contributed by atoms with van der Waals surface area (Å²) in [6.07, 6.45) is -2.74. The third-order valence-electron chi connectivity index (χ3n) is 7.70. The number of carbonyl (C=O) groups is 2. The van der Waals surface area contributed by atoms with Crippen LogP contribution in [0.25, 0.3) is 0 Å². The van der Waals surface area contributed by atoms with Crippen LogP contribution in [0.2, 0.25) is 0 Å². The van der Waals surface area contributed by atoms with E-state index >= 15 is 0 Å². The van der Waals surface area contributed by atoms with E-state index in [0.29, 0.717) is 0 Å². The highest BCUT2D eigenvalue weighted by Crippen LogP contribution is 2.57. The van der Waals surface area contributed by atoms with Gasteiger partial charge in [0.05, 0.1) is 19.8 Å². The fourth-order valence-corrected chi connectivity index (χ4v) is 5.77. The molecule has 0 bridgehead atoms. The second-order valence-corrected chi connectivity index (χ2v) is 10.5. The van der Waals surface area contributed by atoms with E-state index in [-0.39, 0.29) is 32.5 Å². The molecule has 0 aliphatic carbocycles. The Hall–Kier alpha value is -3.24. The fourth-order valence-electron chi connectivity index (χ4n) is 5.77. The first-order valence-corrected chi connectivity index (χ1v) is 14.6. The molecule has 2 aliphatic rings. The summed E-state index contributed by atoms with van der Waals surface area (Å²) in [5.74, 6) is -4.08. The minimum atomic E-state index is -2.35. The lowest BCUT2D eigenvalue weighted by molar-refractivity contribution is -0.434. The molecule has 0 spiro atoms. The largest absolute Gasteiger partial charge is 0.460 e. The van der Waals surface area contributed by atoms with Crippen molar-refractivity contribution in [3.05, 3.63) is 88.6 Å². The molecule has 13 nitrogen and oxygen atoms in total. The molecule has 0 unspecified atom stereocenters. The van der Waals surface area contributed by atoms with Crippen LogP contribution in [0.3, 0.4) is 0 Å². The van der Waals surface area contributed by atoms with Gasteiger partial charge in [-0.25, -0.2) is 9.59 Å². The molecule has 13 heteroatoms. The highest BCUT2D eigenvalue weighted by atomic mass is 16.8. The van der Waals surface area contributed by atoms with Crippen LogP contribution in [0.15, 0.2) is 88.6 Å². The summed E-state index contributed by atoms with van der Waals surface area (Å²) < 4.78 is 43.3. The molecule has 0 aromatic carbocycles. The highest BCUT2D eigenvalue weighted by molar-refractivity contribution is 5.82. The van der Waals surface area contributed by atoms with Crippen molar-refractivity contribution >= 4 is 11.9 Å². The smallest absolute Gasteiger partial charge is 0.330 e. The standard InChI is InChI=1S/C33H46O13/c1-8-15-31(16-9-2,41-18-11-4)33(46-30-28(39)27(38)26(37)22(20-34)43-30)32(17-10-3,42-19-12-5)29(44-25(36)14-7)23(45-33)21-40-24(35)13-6/h8-14,22-23,26-30,34,37-39H,1-7,15-21H2/t22-,23-,26-,27+,28-,29-,30-,32+,33+/m1/s1. The van der Waals surface area contributed by atoms with Crippen molar-refractivity contribution in [2.75, 3.05) is 26.4 Å². The van der Waals surface area contributed by atoms with Crippen molar-refractivity contribution in [2.45, 2.75) is 79.2 Å². The molecule has 256 valence electrons. The number of esters is 2. The Balaban J connectivity index is 3.09. The molecule has 2 rings (SSSR count). The second kappa shape index (κ2) is 17.6. The van der Waals surface area contributed by atoms with Gasteiger partial charge in [-0.3, -0.25) is 0 Å². The first kappa shape index (κ1) is 38.9. The first-order valence-electron chi connectivity index (χ1n) is 14.6. The predicted molar refractivity (Wildman–Crippen MR) is 166 cm³/mol. The molecule has 0 saturated carbocycles. The summed E-state index contributed by atoms with van der Waals surface area (Å²) in [6.45, 7) is 24.4. The van der Waals surface area contributed by atoms with E-state index in [1.54, 1.807) is 0 Å². The molecule has 46 heavy (non-hydrogen) atoms. The van der Waals surface area contributed by atoms with Gasteiger partial charge in [0, 0.05) is 18.6 Å². The van der Waals surface area contributed by atoms with Gasteiger partial charge in [0.2, 0.25) is 5.79 Å². The van der Waals surface area contributed by atoms with Crippen molar-refractivity contribution in [3.8, 4) is 0 Å². The second-order valence-electron chi connectivity index (χ2n) is 10.5. The van der Waals surface area contributed by atoms with Gasteiger partial charge in [-0.05, 0) is 12.8 Å². The van der Waals surface area contributed by atoms with Gasteiger partial charge >= 0.3 is 11.9 Å². The molecule has 2 heterocycles. The van der Waals surface area contributed by atoms with E-state index in [9.17, 15) is 30.0 Å². The Morgan fingerprint density at radius 1 is 0.804 bits per heavy atom. The van der Waals surface area contributed by atoms with Crippen LogP contribution in [0.1, 0.15) is 19.3 Å². The molecule has 2 saturated heterocycles. The van der Waals surface area contributed by atoms with Crippen LogP contribution in [-0.4, -0.2) is 119 Å². The normalized spacial score (nSPS) is 32.5. The van der Waals surface area contributed by atoms with Crippen molar-refractivity contribution in [2.24, 2.45) is 0 Å². The number of hydrogen-bond donors (Lipinski definition) is 4. The minimum absolute atomic E-state index is 0.0675. The Morgan fingerprint density at radius 2 is 1.43 bits per heavy atom. The molecule has 4 N–H and O–H groups in total. The lowest BCUT2D eigenvalue weighted by Gasteiger charge is -2.56. The van der Waals surface area contributed by atoms with Crippen LogP contribution < -0.4 is 0 Å². The molecular weight excluding hydrogens is 604 g/mol. The molecule has 2 aliphatic heterocycles. The van der Waals surface area contributed by atoms with Gasteiger partial charge in [0.25, 0.3) is 0 Å². The molecule has 9 atom stereocenters. The summed E-state index contributed by atoms with van der Waals surface area (Å²) >= 11 is 0. The molecule has 0 aromatic heterocycles. The van der Waals surface area contributed by atoms with Crippen molar-refractivity contribution in [1.29, 1.82) is 0 Å². The van der Waals surface area contributed by atoms with Crippen LogP contribution >= 0.6 is 0 Å². The maximum Gasteiger partial charge on any atom is 0.330 e. The van der Waals surface area contributed by atoms with Gasteiger partial charge in [-0.15, -0.1) is 32.9 Å². The Kier molecular flexibility index (Phi) is 14.9. The number of hydrogen-bond acceptors (Lipinski definition) is 13. The van der Waals surface area contributed by atoms with Crippen LogP contribution in [-0.2, 0) is 42.7 Å². The van der Waals surface area contributed by atoms with Gasteiger partial charge < -0.3 is 53.6 Å². The van der Waals surface area contributed by atoms with Crippen molar-refractivity contribution in [1.82, 2.24) is 0 Å². The molecular formula is C33H46O13. The van der Waals surface area contributed by atoms with E-state index in [1.165, 1.54) is 30.4 Å². The maximum atomic E-state index is 12.9. The fraction of sp³-hybridized carbons (Fsp3) is 0.515. The van der Waals surface area contributed by atoms with Crippen LogP contribution in [0.4, 0.5) is 0 Å². The third kappa shape index (κ3) is 7.65. The average molecular weight is 651 g/mol. The molecule has 0 amide bonds. The zero-order valence-electron chi connectivity index (χ0n) is 25.9. The van der Waals surface area contributed by atoms with E-state index in [2.05, 4.69) is 46.1 Å². The number of aliphatic hydroxyl groups excluding tert-OH is 4. The zero-order chi connectivity index (χ0) is 34.5. The lowest BCUT2D eigenvalue weighted by Crippen LogP contribution is -2.74. The van der Waals surface area contributed by atoms with E-state index < -0.39 is 85.1 Å². The van der Waals surface area contributed by atoms with Gasteiger partial charge in [0.15, 0.2) is 18.0 Å². The number of ether oxygens (including phenoxy) is 7.